The van der Waals surface area contributed by atoms with Gasteiger partial charge in [0.05, 0.1) is 0 Å². The third kappa shape index (κ3) is 4.15. The van der Waals surface area contributed by atoms with Crippen molar-refractivity contribution in [2.75, 3.05) is 0 Å². The van der Waals surface area contributed by atoms with Gasteiger partial charge >= 0.3 is 0 Å². The van der Waals surface area contributed by atoms with Gasteiger partial charge in [-0.3, -0.25) is 4.98 Å². The molecule has 0 amide bonds. The molecular formula is C47H29N. The van der Waals surface area contributed by atoms with Crippen LogP contribution in [-0.2, 0) is 0 Å². The number of hydrogen-bond donors (Lipinski definition) is 0. The second-order valence-electron chi connectivity index (χ2n) is 12.7. The molecule has 10 rings (SSSR count). The molecule has 9 aromatic carbocycles. The van der Waals surface area contributed by atoms with Crippen molar-refractivity contribution in [1.82, 2.24) is 4.98 Å². The zero-order valence-corrected chi connectivity index (χ0v) is 26.2. The van der Waals surface area contributed by atoms with Gasteiger partial charge in [0, 0.05) is 23.5 Å². The van der Waals surface area contributed by atoms with E-state index in [1.807, 2.05) is 12.4 Å². The predicted molar refractivity (Wildman–Crippen MR) is 206 cm³/mol. The van der Waals surface area contributed by atoms with E-state index < -0.39 is 0 Å². The quantitative estimate of drug-likeness (QED) is 0.182. The Balaban J connectivity index is 1.04. The third-order valence-corrected chi connectivity index (χ3v) is 10.1. The highest BCUT2D eigenvalue weighted by Crippen LogP contribution is 2.39. The van der Waals surface area contributed by atoms with Crippen LogP contribution >= 0.6 is 0 Å². The molecule has 0 unspecified atom stereocenters. The Morgan fingerprint density at radius 3 is 0.875 bits per heavy atom. The number of aromatic nitrogens is 1. The monoisotopic (exact) mass is 607 g/mol. The summed E-state index contributed by atoms with van der Waals surface area (Å²) in [5.74, 6) is 0. The summed E-state index contributed by atoms with van der Waals surface area (Å²) in [6.45, 7) is 0. The fourth-order valence-corrected chi connectivity index (χ4v) is 7.79. The Hall–Kier alpha value is -6.31. The van der Waals surface area contributed by atoms with Crippen LogP contribution in [0.5, 0.6) is 0 Å². The normalized spacial score (nSPS) is 11.8. The molecule has 1 heteroatoms. The molecule has 1 heterocycles. The Bertz CT molecular complexity index is 2810. The van der Waals surface area contributed by atoms with Crippen molar-refractivity contribution in [1.29, 1.82) is 0 Å². The molecule has 0 spiro atoms. The number of pyridine rings is 1. The Morgan fingerprint density at radius 1 is 0.208 bits per heavy atom. The predicted octanol–water partition coefficient (Wildman–Crippen LogP) is 13.0. The van der Waals surface area contributed by atoms with E-state index in [1.165, 1.54) is 81.3 Å². The SMILES string of the molecule is c1ccc2c(c1)c1ccccc1c1cc(-c3ccc(-c4cncc(-c5ccc6c7ccccc7c7ccccc7c6c5)c4)cc3)ccc21. The molecule has 0 radical (unpaired) electrons. The van der Waals surface area contributed by atoms with Gasteiger partial charge in [0.15, 0.2) is 0 Å². The first-order valence-electron chi connectivity index (χ1n) is 16.5. The Kier molecular flexibility index (Phi) is 5.94. The smallest absolute Gasteiger partial charge is 0.0346 e. The summed E-state index contributed by atoms with van der Waals surface area (Å²) in [4.78, 5) is 4.70. The van der Waals surface area contributed by atoms with Crippen molar-refractivity contribution in [2.24, 2.45) is 0 Å². The van der Waals surface area contributed by atoms with E-state index in [2.05, 4.69) is 164 Å². The second-order valence-corrected chi connectivity index (χ2v) is 12.7. The molecule has 222 valence electrons. The van der Waals surface area contributed by atoms with Crippen LogP contribution in [0.4, 0.5) is 0 Å². The molecule has 0 bridgehead atoms. The van der Waals surface area contributed by atoms with Crippen molar-refractivity contribution < 1.29 is 0 Å². The minimum absolute atomic E-state index is 1.11. The highest BCUT2D eigenvalue weighted by atomic mass is 14.6. The highest BCUT2D eigenvalue weighted by molar-refractivity contribution is 6.27. The molecule has 0 atom stereocenters. The van der Waals surface area contributed by atoms with Crippen molar-refractivity contribution >= 4 is 64.6 Å². The summed E-state index contributed by atoms with van der Waals surface area (Å²) in [7, 11) is 0. The van der Waals surface area contributed by atoms with Crippen LogP contribution in [0.3, 0.4) is 0 Å². The highest BCUT2D eigenvalue weighted by Gasteiger charge is 2.12. The minimum atomic E-state index is 1.11. The zero-order chi connectivity index (χ0) is 31.6. The fraction of sp³-hybridized carbons (Fsp3) is 0. The summed E-state index contributed by atoms with van der Waals surface area (Å²) < 4.78 is 0. The summed E-state index contributed by atoms with van der Waals surface area (Å²) in [5, 5.41) is 15.5. The maximum Gasteiger partial charge on any atom is 0.0346 e. The van der Waals surface area contributed by atoms with Gasteiger partial charge in [-0.05, 0) is 105 Å². The van der Waals surface area contributed by atoms with Crippen LogP contribution in [-0.4, -0.2) is 4.98 Å². The summed E-state index contributed by atoms with van der Waals surface area (Å²) >= 11 is 0. The van der Waals surface area contributed by atoms with Gasteiger partial charge in [0.25, 0.3) is 0 Å². The molecule has 0 saturated heterocycles. The molecule has 1 nitrogen and oxygen atoms in total. The number of benzene rings is 9. The van der Waals surface area contributed by atoms with Crippen LogP contribution in [0.25, 0.3) is 98.0 Å². The Labute approximate surface area is 278 Å². The number of fused-ring (bicyclic) bond motifs is 12. The lowest BCUT2D eigenvalue weighted by Crippen LogP contribution is -1.87. The van der Waals surface area contributed by atoms with Crippen LogP contribution in [0.1, 0.15) is 0 Å². The minimum Gasteiger partial charge on any atom is -0.263 e. The summed E-state index contributed by atoms with van der Waals surface area (Å²) in [6.07, 6.45) is 3.95. The van der Waals surface area contributed by atoms with Gasteiger partial charge in [0.1, 0.15) is 0 Å². The average molecular weight is 608 g/mol. The molecular weight excluding hydrogens is 579 g/mol. The standard InChI is InChI=1S/C47H29N/c1-3-13-40-36(9-1)38-11-5-7-15-42(38)46-26-32(21-23-44(40)46)30-17-19-31(20-18-30)34-25-35(29-48-28-34)33-22-24-45-41-14-4-2-10-37(41)39-12-6-8-16-43(39)47(45)27-33/h1-29H. The lowest BCUT2D eigenvalue weighted by molar-refractivity contribution is 1.33. The zero-order valence-electron chi connectivity index (χ0n) is 26.2. The molecule has 0 aliphatic carbocycles. The van der Waals surface area contributed by atoms with E-state index in [-0.39, 0.29) is 0 Å². The van der Waals surface area contributed by atoms with E-state index >= 15 is 0 Å². The molecule has 0 fully saturated rings. The van der Waals surface area contributed by atoms with Crippen LogP contribution in [0.15, 0.2) is 176 Å². The maximum atomic E-state index is 4.70. The second kappa shape index (κ2) is 10.6. The number of hydrogen-bond acceptors (Lipinski definition) is 1. The molecule has 0 N–H and O–H groups in total. The van der Waals surface area contributed by atoms with Crippen LogP contribution < -0.4 is 0 Å². The van der Waals surface area contributed by atoms with Crippen molar-refractivity contribution in [3.8, 4) is 33.4 Å². The molecule has 0 aliphatic heterocycles. The van der Waals surface area contributed by atoms with Gasteiger partial charge in [-0.2, -0.15) is 0 Å². The van der Waals surface area contributed by atoms with E-state index in [4.69, 9.17) is 4.98 Å². The van der Waals surface area contributed by atoms with E-state index in [1.54, 1.807) is 0 Å². The molecule has 0 aliphatic rings. The largest absolute Gasteiger partial charge is 0.263 e. The van der Waals surface area contributed by atoms with Gasteiger partial charge < -0.3 is 0 Å². The third-order valence-electron chi connectivity index (χ3n) is 10.1. The van der Waals surface area contributed by atoms with Crippen LogP contribution in [0.2, 0.25) is 0 Å². The van der Waals surface area contributed by atoms with Crippen LogP contribution in [0, 0.1) is 0 Å². The van der Waals surface area contributed by atoms with Gasteiger partial charge in [-0.15, -0.1) is 0 Å². The van der Waals surface area contributed by atoms with E-state index in [0.717, 1.165) is 16.7 Å². The van der Waals surface area contributed by atoms with Gasteiger partial charge in [-0.25, -0.2) is 0 Å². The molecule has 1 aromatic heterocycles. The summed E-state index contributed by atoms with van der Waals surface area (Å²) in [5.41, 5.74) is 6.98. The summed E-state index contributed by atoms with van der Waals surface area (Å²) in [6, 6.07) is 59.9. The lowest BCUT2D eigenvalue weighted by Gasteiger charge is -2.13. The Morgan fingerprint density at radius 2 is 0.479 bits per heavy atom. The molecule has 0 saturated carbocycles. The van der Waals surface area contributed by atoms with Crippen molar-refractivity contribution in [2.45, 2.75) is 0 Å². The number of nitrogens with zero attached hydrogens (tertiary/aromatic N) is 1. The first-order valence-corrected chi connectivity index (χ1v) is 16.5. The van der Waals surface area contributed by atoms with Crippen molar-refractivity contribution in [3.05, 3.63) is 176 Å². The topological polar surface area (TPSA) is 12.9 Å². The van der Waals surface area contributed by atoms with Gasteiger partial charge in [0.2, 0.25) is 0 Å². The number of rotatable bonds is 3. The van der Waals surface area contributed by atoms with Gasteiger partial charge in [-0.1, -0.05) is 146 Å². The first-order chi connectivity index (χ1) is 23.8. The maximum absolute atomic E-state index is 4.70. The molecule has 48 heavy (non-hydrogen) atoms. The van der Waals surface area contributed by atoms with Crippen molar-refractivity contribution in [3.63, 3.8) is 0 Å². The lowest BCUT2D eigenvalue weighted by atomic mass is 9.91. The molecule has 10 aromatic rings. The van der Waals surface area contributed by atoms with E-state index in [0.29, 0.717) is 0 Å². The first kappa shape index (κ1) is 26.9. The fourth-order valence-electron chi connectivity index (χ4n) is 7.79. The average Bonchev–Trinajstić information content (AvgIpc) is 3.18. The van der Waals surface area contributed by atoms with E-state index in [9.17, 15) is 0 Å².